The first kappa shape index (κ1) is 7.79. The molecular weight excluding hydrogens is 138 g/mol. The Balaban J connectivity index is 2.44. The van der Waals surface area contributed by atoms with Crippen LogP contribution < -0.4 is 5.32 Å². The summed E-state index contributed by atoms with van der Waals surface area (Å²) in [7, 11) is 0. The Kier molecular flexibility index (Phi) is 3.19. The molecule has 0 spiro atoms. The fourth-order valence-electron chi connectivity index (χ4n) is 0.926. The van der Waals surface area contributed by atoms with E-state index in [-0.39, 0.29) is 0 Å². The van der Waals surface area contributed by atoms with Gasteiger partial charge < -0.3 is 5.32 Å². The number of hydrogen-bond donors (Lipinski definition) is 1. The van der Waals surface area contributed by atoms with E-state index < -0.39 is 0 Å². The lowest BCUT2D eigenvalue weighted by Gasteiger charge is -2.00. The average molecular weight is 149 g/mol. The quantitative estimate of drug-likeness (QED) is 0.600. The Bertz CT molecular complexity index is 214. The molecule has 58 valence electrons. The van der Waals surface area contributed by atoms with Crippen molar-refractivity contribution in [2.24, 2.45) is 0 Å². The fraction of sp³-hybridized carbons (Fsp3) is 0.222. The third-order valence-corrected chi connectivity index (χ3v) is 1.48. The number of allylic oxidation sites excluding steroid dienone is 5. The van der Waals surface area contributed by atoms with Crippen LogP contribution in [0.4, 0.5) is 0 Å². The average Bonchev–Trinajstić information content (AvgIpc) is 2.28. The maximum atomic E-state index is 9.96. The second-order valence-corrected chi connectivity index (χ2v) is 2.34. The highest BCUT2D eigenvalue weighted by Crippen LogP contribution is 2.04. The van der Waals surface area contributed by atoms with Gasteiger partial charge in [0.05, 0.1) is 0 Å². The van der Waals surface area contributed by atoms with Gasteiger partial charge in [-0.2, -0.15) is 0 Å². The van der Waals surface area contributed by atoms with E-state index in [0.29, 0.717) is 6.54 Å². The van der Waals surface area contributed by atoms with E-state index in [1.165, 1.54) is 5.57 Å². The lowest BCUT2D eigenvalue weighted by atomic mass is 10.2. The number of nitrogens with one attached hydrogen (secondary N) is 1. The molecule has 0 atom stereocenters. The number of carbonyl (C=O) groups is 1. The molecule has 1 N–H and O–H groups in total. The highest BCUT2D eigenvalue weighted by Gasteiger charge is 1.93. The monoisotopic (exact) mass is 149 g/mol. The molecule has 0 unspecified atom stereocenters. The van der Waals surface area contributed by atoms with E-state index in [2.05, 4.69) is 11.4 Å². The van der Waals surface area contributed by atoms with Crippen LogP contribution >= 0.6 is 0 Å². The Morgan fingerprint density at radius 2 is 2.36 bits per heavy atom. The van der Waals surface area contributed by atoms with Crippen LogP contribution in [0.3, 0.4) is 0 Å². The van der Waals surface area contributed by atoms with Gasteiger partial charge >= 0.3 is 0 Å². The molecule has 0 aliphatic heterocycles. The molecule has 0 saturated heterocycles. The number of rotatable bonds is 3. The number of hydrogen-bond acceptors (Lipinski definition) is 1. The van der Waals surface area contributed by atoms with Crippen LogP contribution in [0.15, 0.2) is 36.0 Å². The van der Waals surface area contributed by atoms with Crippen molar-refractivity contribution < 1.29 is 4.79 Å². The van der Waals surface area contributed by atoms with Crippen molar-refractivity contribution in [3.8, 4) is 0 Å². The zero-order valence-corrected chi connectivity index (χ0v) is 6.29. The summed E-state index contributed by atoms with van der Waals surface area (Å²) in [4.78, 5) is 9.96. The first-order valence-corrected chi connectivity index (χ1v) is 3.62. The van der Waals surface area contributed by atoms with Crippen molar-refractivity contribution in [2.75, 3.05) is 6.54 Å². The van der Waals surface area contributed by atoms with Crippen molar-refractivity contribution in [1.29, 1.82) is 0 Å². The minimum absolute atomic E-state index is 0.651. The Hall–Kier alpha value is -1.31. The van der Waals surface area contributed by atoms with Crippen LogP contribution in [0.1, 0.15) is 6.42 Å². The van der Waals surface area contributed by atoms with Gasteiger partial charge in [-0.05, 0) is 12.0 Å². The molecule has 2 heteroatoms. The maximum absolute atomic E-state index is 9.96. The Morgan fingerprint density at radius 1 is 1.45 bits per heavy atom. The van der Waals surface area contributed by atoms with E-state index in [9.17, 15) is 4.79 Å². The van der Waals surface area contributed by atoms with Gasteiger partial charge in [0.25, 0.3) is 0 Å². The van der Waals surface area contributed by atoms with Gasteiger partial charge in [0.15, 0.2) is 0 Å². The Labute approximate surface area is 66.3 Å². The van der Waals surface area contributed by atoms with Gasteiger partial charge in [-0.15, -0.1) is 0 Å². The minimum Gasteiger partial charge on any atom is -0.355 e. The smallest absolute Gasteiger partial charge is 0.207 e. The van der Waals surface area contributed by atoms with Crippen molar-refractivity contribution >= 4 is 6.41 Å². The molecule has 1 aliphatic rings. The van der Waals surface area contributed by atoms with Gasteiger partial charge in [0.2, 0.25) is 6.41 Å². The van der Waals surface area contributed by atoms with Gasteiger partial charge in [0.1, 0.15) is 0 Å². The molecule has 11 heavy (non-hydrogen) atoms. The molecular formula is C9H11NO. The first-order valence-electron chi connectivity index (χ1n) is 3.62. The van der Waals surface area contributed by atoms with Gasteiger partial charge in [0, 0.05) is 6.54 Å². The van der Waals surface area contributed by atoms with Crippen molar-refractivity contribution in [1.82, 2.24) is 5.32 Å². The van der Waals surface area contributed by atoms with Crippen LogP contribution in [0.25, 0.3) is 0 Å². The van der Waals surface area contributed by atoms with Crippen LogP contribution in [-0.2, 0) is 4.79 Å². The maximum Gasteiger partial charge on any atom is 0.207 e. The molecule has 1 amide bonds. The molecule has 0 bridgehead atoms. The zero-order valence-electron chi connectivity index (χ0n) is 6.29. The molecule has 0 aromatic rings. The van der Waals surface area contributed by atoms with Crippen molar-refractivity contribution in [3.05, 3.63) is 36.0 Å². The van der Waals surface area contributed by atoms with Crippen molar-refractivity contribution in [3.63, 3.8) is 0 Å². The first-order chi connectivity index (χ1) is 5.43. The predicted molar refractivity (Wildman–Crippen MR) is 45.0 cm³/mol. The second-order valence-electron chi connectivity index (χ2n) is 2.34. The molecule has 0 saturated carbocycles. The van der Waals surface area contributed by atoms with Crippen molar-refractivity contribution in [2.45, 2.75) is 6.42 Å². The topological polar surface area (TPSA) is 29.1 Å². The van der Waals surface area contributed by atoms with Crippen LogP contribution in [-0.4, -0.2) is 13.0 Å². The van der Waals surface area contributed by atoms with Crippen LogP contribution in [0.2, 0.25) is 0 Å². The molecule has 1 rings (SSSR count). The minimum atomic E-state index is 0.651. The standard InChI is InChI=1S/C9H11NO/c11-8-10-7-9-5-3-1-2-4-6-9/h1-5,8H,6-7H2,(H,10,11). The molecule has 0 aromatic heterocycles. The highest BCUT2D eigenvalue weighted by atomic mass is 16.1. The number of carbonyl (C=O) groups excluding carboxylic acids is 1. The normalized spacial score (nSPS) is 15.5. The van der Waals surface area contributed by atoms with Gasteiger partial charge in [-0.3, -0.25) is 4.79 Å². The summed E-state index contributed by atoms with van der Waals surface area (Å²) in [5.41, 5.74) is 1.22. The lowest BCUT2D eigenvalue weighted by Crippen LogP contribution is -2.13. The summed E-state index contributed by atoms with van der Waals surface area (Å²) in [5, 5.41) is 2.63. The summed E-state index contributed by atoms with van der Waals surface area (Å²) in [6.07, 6.45) is 11.7. The van der Waals surface area contributed by atoms with Gasteiger partial charge in [-0.25, -0.2) is 0 Å². The van der Waals surface area contributed by atoms with E-state index >= 15 is 0 Å². The van der Waals surface area contributed by atoms with E-state index in [1.807, 2.05) is 24.3 Å². The Morgan fingerprint density at radius 3 is 3.18 bits per heavy atom. The summed E-state index contributed by atoms with van der Waals surface area (Å²) in [6, 6.07) is 0. The second kappa shape index (κ2) is 4.50. The lowest BCUT2D eigenvalue weighted by molar-refractivity contribution is -0.109. The van der Waals surface area contributed by atoms with Crippen LogP contribution in [0.5, 0.6) is 0 Å². The molecule has 0 heterocycles. The summed E-state index contributed by atoms with van der Waals surface area (Å²) in [6.45, 7) is 0.651. The summed E-state index contributed by atoms with van der Waals surface area (Å²) < 4.78 is 0. The summed E-state index contributed by atoms with van der Waals surface area (Å²) in [5.74, 6) is 0. The SMILES string of the molecule is O=CNCC1=CC=CC=CC1. The zero-order chi connectivity index (χ0) is 7.94. The third kappa shape index (κ3) is 2.85. The van der Waals surface area contributed by atoms with E-state index in [4.69, 9.17) is 0 Å². The van der Waals surface area contributed by atoms with Crippen LogP contribution in [0, 0.1) is 0 Å². The molecule has 0 aromatic carbocycles. The molecule has 1 aliphatic carbocycles. The third-order valence-electron chi connectivity index (χ3n) is 1.48. The molecule has 0 radical (unpaired) electrons. The highest BCUT2D eigenvalue weighted by molar-refractivity contribution is 5.47. The molecule has 0 fully saturated rings. The molecule has 2 nitrogen and oxygen atoms in total. The van der Waals surface area contributed by atoms with E-state index in [1.54, 1.807) is 0 Å². The summed E-state index contributed by atoms with van der Waals surface area (Å²) >= 11 is 0. The van der Waals surface area contributed by atoms with E-state index in [0.717, 1.165) is 12.8 Å². The number of amides is 1. The largest absolute Gasteiger partial charge is 0.355 e. The van der Waals surface area contributed by atoms with Gasteiger partial charge in [-0.1, -0.05) is 30.4 Å². The predicted octanol–water partition coefficient (Wildman–Crippen LogP) is 1.17. The fourth-order valence-corrected chi connectivity index (χ4v) is 0.926.